The van der Waals surface area contributed by atoms with Gasteiger partial charge in [-0.2, -0.15) is 0 Å². The van der Waals surface area contributed by atoms with Crippen LogP contribution in [0.5, 0.6) is 0 Å². The van der Waals surface area contributed by atoms with Crippen LogP contribution in [0.4, 0.5) is 0 Å². The smallest absolute Gasteiger partial charge is 0.309 e. The van der Waals surface area contributed by atoms with Gasteiger partial charge in [-0.05, 0) is 32.1 Å². The number of fused-ring (bicyclic) bond motifs is 1. The van der Waals surface area contributed by atoms with Crippen molar-refractivity contribution in [3.05, 3.63) is 0 Å². The van der Waals surface area contributed by atoms with Gasteiger partial charge in [-0.3, -0.25) is 4.79 Å². The third kappa shape index (κ3) is 1.13. The average molecular weight is 168 g/mol. The Kier molecular flexibility index (Phi) is 1.85. The minimum atomic E-state index is 0.0550. The van der Waals surface area contributed by atoms with Gasteiger partial charge in [0.25, 0.3) is 0 Å². The van der Waals surface area contributed by atoms with Gasteiger partial charge in [0.2, 0.25) is 0 Å². The van der Waals surface area contributed by atoms with Gasteiger partial charge in [-0.1, -0.05) is 6.92 Å². The molecule has 68 valence electrons. The molecular weight excluding hydrogens is 152 g/mol. The summed E-state index contributed by atoms with van der Waals surface area (Å²) in [6.07, 6.45) is 3.60. The van der Waals surface area contributed by atoms with E-state index in [2.05, 4.69) is 6.92 Å². The molecule has 1 heterocycles. The molecular formula is C10H16O2. The highest BCUT2D eigenvalue weighted by Gasteiger charge is 2.44. The van der Waals surface area contributed by atoms with Crippen LogP contribution in [0.25, 0.3) is 0 Å². The lowest BCUT2D eigenvalue weighted by atomic mass is 9.74. The van der Waals surface area contributed by atoms with E-state index in [1.54, 1.807) is 0 Å². The molecule has 2 heteroatoms. The second-order valence-corrected chi connectivity index (χ2v) is 4.33. The van der Waals surface area contributed by atoms with E-state index in [0.717, 1.165) is 12.3 Å². The summed E-state index contributed by atoms with van der Waals surface area (Å²) in [7, 11) is 0. The maximum absolute atomic E-state index is 11.3. The Morgan fingerprint density at radius 3 is 2.83 bits per heavy atom. The minimum Gasteiger partial charge on any atom is -0.462 e. The van der Waals surface area contributed by atoms with Crippen LogP contribution in [0, 0.1) is 17.8 Å². The molecule has 0 radical (unpaired) electrons. The number of carbonyl (C=O) groups excluding carboxylic acids is 1. The van der Waals surface area contributed by atoms with E-state index in [0.29, 0.717) is 5.92 Å². The zero-order chi connectivity index (χ0) is 8.72. The zero-order valence-corrected chi connectivity index (χ0v) is 7.75. The predicted octanol–water partition coefficient (Wildman–Crippen LogP) is 1.98. The second kappa shape index (κ2) is 2.75. The lowest BCUT2D eigenvalue weighted by Gasteiger charge is -2.27. The Morgan fingerprint density at radius 2 is 2.08 bits per heavy atom. The molecule has 0 aromatic rings. The lowest BCUT2D eigenvalue weighted by Crippen LogP contribution is -2.26. The summed E-state index contributed by atoms with van der Waals surface area (Å²) >= 11 is 0. The van der Waals surface area contributed by atoms with Crippen molar-refractivity contribution >= 4 is 5.97 Å². The van der Waals surface area contributed by atoms with E-state index >= 15 is 0 Å². The highest BCUT2D eigenvalue weighted by molar-refractivity contribution is 5.75. The van der Waals surface area contributed by atoms with Crippen molar-refractivity contribution in [1.29, 1.82) is 0 Å². The van der Waals surface area contributed by atoms with Gasteiger partial charge >= 0.3 is 5.97 Å². The summed E-state index contributed by atoms with van der Waals surface area (Å²) in [5.74, 6) is 1.58. The summed E-state index contributed by atoms with van der Waals surface area (Å²) in [5.41, 5.74) is 0. The van der Waals surface area contributed by atoms with Crippen molar-refractivity contribution in [3.8, 4) is 0 Å². The van der Waals surface area contributed by atoms with Gasteiger partial charge in [-0.15, -0.1) is 0 Å². The van der Waals surface area contributed by atoms with Crippen molar-refractivity contribution < 1.29 is 9.53 Å². The molecule has 2 rings (SSSR count). The van der Waals surface area contributed by atoms with E-state index in [1.165, 1.54) is 12.8 Å². The molecule has 0 spiro atoms. The molecule has 1 saturated carbocycles. The lowest BCUT2D eigenvalue weighted by molar-refractivity contribution is -0.144. The molecule has 12 heavy (non-hydrogen) atoms. The van der Waals surface area contributed by atoms with E-state index < -0.39 is 0 Å². The van der Waals surface area contributed by atoms with Crippen LogP contribution in [0.3, 0.4) is 0 Å². The normalized spacial score (nSPS) is 47.0. The summed E-state index contributed by atoms with van der Waals surface area (Å²) < 4.78 is 5.22. The molecule has 2 aliphatic rings. The monoisotopic (exact) mass is 168 g/mol. The van der Waals surface area contributed by atoms with Crippen LogP contribution in [0.15, 0.2) is 0 Å². The number of hydrogen-bond donors (Lipinski definition) is 0. The first-order chi connectivity index (χ1) is 5.68. The Labute approximate surface area is 73.3 Å². The molecule has 0 bridgehead atoms. The fraction of sp³-hybridized carbons (Fsp3) is 0.900. The molecule has 2 nitrogen and oxygen atoms in total. The fourth-order valence-corrected chi connectivity index (χ4v) is 2.59. The van der Waals surface area contributed by atoms with E-state index in [-0.39, 0.29) is 18.0 Å². The van der Waals surface area contributed by atoms with Gasteiger partial charge in [0.15, 0.2) is 0 Å². The number of esters is 1. The Hall–Kier alpha value is -0.530. The molecule has 0 aromatic carbocycles. The molecule has 1 aliphatic heterocycles. The first-order valence-corrected chi connectivity index (χ1v) is 4.89. The third-order valence-corrected chi connectivity index (χ3v) is 3.37. The topological polar surface area (TPSA) is 26.3 Å². The van der Waals surface area contributed by atoms with E-state index in [4.69, 9.17) is 4.74 Å². The molecule has 1 aliphatic carbocycles. The average Bonchev–Trinajstić information content (AvgIpc) is 2.28. The first kappa shape index (κ1) is 8.09. The van der Waals surface area contributed by atoms with Crippen LogP contribution in [-0.2, 0) is 9.53 Å². The summed E-state index contributed by atoms with van der Waals surface area (Å²) in [4.78, 5) is 11.3. The van der Waals surface area contributed by atoms with Gasteiger partial charge in [0.05, 0.1) is 5.92 Å². The highest BCUT2D eigenvalue weighted by Crippen LogP contribution is 2.41. The van der Waals surface area contributed by atoms with Crippen LogP contribution in [0.1, 0.15) is 33.1 Å². The summed E-state index contributed by atoms with van der Waals surface area (Å²) in [5, 5.41) is 0. The maximum atomic E-state index is 11.3. The van der Waals surface area contributed by atoms with Crippen molar-refractivity contribution in [2.24, 2.45) is 17.8 Å². The molecule has 0 amide bonds. The highest BCUT2D eigenvalue weighted by atomic mass is 16.6. The van der Waals surface area contributed by atoms with Crippen LogP contribution >= 0.6 is 0 Å². The van der Waals surface area contributed by atoms with Crippen molar-refractivity contribution in [2.45, 2.75) is 39.2 Å². The van der Waals surface area contributed by atoms with Crippen LogP contribution < -0.4 is 0 Å². The molecule has 0 aromatic heterocycles. The van der Waals surface area contributed by atoms with Crippen molar-refractivity contribution in [2.75, 3.05) is 0 Å². The molecule has 2 fully saturated rings. The number of cyclic esters (lactones) is 1. The fourth-order valence-electron chi connectivity index (χ4n) is 2.59. The second-order valence-electron chi connectivity index (χ2n) is 4.33. The maximum Gasteiger partial charge on any atom is 0.309 e. The molecule has 4 atom stereocenters. The van der Waals surface area contributed by atoms with Crippen molar-refractivity contribution in [1.82, 2.24) is 0 Å². The largest absolute Gasteiger partial charge is 0.462 e. The standard InChI is InChI=1S/C10H16O2/c1-6-3-4-8-9(5-6)7(2)12-10(8)11/h6-9H,3-5H2,1-2H3. The number of rotatable bonds is 0. The number of ether oxygens (including phenoxy) is 1. The SMILES string of the molecule is CC1CCC2C(=O)OC(C)C2C1. The minimum absolute atomic E-state index is 0.0550. The molecule has 4 unspecified atom stereocenters. The van der Waals surface area contributed by atoms with Gasteiger partial charge in [0, 0.05) is 5.92 Å². The number of hydrogen-bond acceptors (Lipinski definition) is 2. The Balaban J connectivity index is 2.12. The summed E-state index contributed by atoms with van der Waals surface area (Å²) in [6, 6.07) is 0. The molecule has 1 saturated heterocycles. The molecule has 0 N–H and O–H groups in total. The van der Waals surface area contributed by atoms with E-state index in [9.17, 15) is 4.79 Å². The van der Waals surface area contributed by atoms with Crippen LogP contribution in [-0.4, -0.2) is 12.1 Å². The quantitative estimate of drug-likeness (QED) is 0.517. The Morgan fingerprint density at radius 1 is 1.33 bits per heavy atom. The van der Waals surface area contributed by atoms with Crippen LogP contribution in [0.2, 0.25) is 0 Å². The van der Waals surface area contributed by atoms with Crippen molar-refractivity contribution in [3.63, 3.8) is 0 Å². The number of carbonyl (C=O) groups is 1. The summed E-state index contributed by atoms with van der Waals surface area (Å²) in [6.45, 7) is 4.30. The van der Waals surface area contributed by atoms with Gasteiger partial charge in [-0.25, -0.2) is 0 Å². The van der Waals surface area contributed by atoms with Gasteiger partial charge in [0.1, 0.15) is 6.10 Å². The Bertz CT molecular complexity index is 200. The predicted molar refractivity (Wildman–Crippen MR) is 45.5 cm³/mol. The zero-order valence-electron chi connectivity index (χ0n) is 7.75. The first-order valence-electron chi connectivity index (χ1n) is 4.89. The third-order valence-electron chi connectivity index (χ3n) is 3.37. The van der Waals surface area contributed by atoms with Gasteiger partial charge < -0.3 is 4.74 Å². The van der Waals surface area contributed by atoms with E-state index in [1.807, 2.05) is 6.92 Å².